The molecule has 1 aliphatic carbocycles. The first-order valence-electron chi connectivity index (χ1n) is 9.63. The van der Waals surface area contributed by atoms with Gasteiger partial charge in [-0.25, -0.2) is 4.79 Å². The molecule has 1 N–H and O–H groups in total. The summed E-state index contributed by atoms with van der Waals surface area (Å²) in [7, 11) is 1.39. The van der Waals surface area contributed by atoms with Crippen LogP contribution in [0.3, 0.4) is 0 Å². The summed E-state index contributed by atoms with van der Waals surface area (Å²) < 4.78 is 4.80. The van der Waals surface area contributed by atoms with Gasteiger partial charge in [-0.2, -0.15) is 0 Å². The van der Waals surface area contributed by atoms with Gasteiger partial charge in [-0.1, -0.05) is 24.3 Å². The van der Waals surface area contributed by atoms with Gasteiger partial charge >= 0.3 is 5.97 Å². The van der Waals surface area contributed by atoms with Gasteiger partial charge in [0.2, 0.25) is 0 Å². The summed E-state index contributed by atoms with van der Waals surface area (Å²) in [4.78, 5) is 31.5. The van der Waals surface area contributed by atoms with Crippen LogP contribution in [-0.2, 0) is 35.2 Å². The van der Waals surface area contributed by atoms with Crippen LogP contribution in [0, 0.1) is 0 Å². The van der Waals surface area contributed by atoms with E-state index in [1.54, 1.807) is 18.5 Å². The number of Topliss-reactive ketones (excluding diaryl/α,β-unsaturated/α-hetero) is 1. The van der Waals surface area contributed by atoms with Crippen LogP contribution in [-0.4, -0.2) is 28.8 Å². The van der Waals surface area contributed by atoms with Crippen molar-refractivity contribution >= 4 is 17.8 Å². The molecule has 0 unspecified atom stereocenters. The number of hydrogen-bond acceptors (Lipinski definition) is 4. The van der Waals surface area contributed by atoms with Gasteiger partial charge in [0.25, 0.3) is 0 Å². The van der Waals surface area contributed by atoms with Crippen LogP contribution in [0.2, 0.25) is 0 Å². The Hall–Kier alpha value is -3.47. The number of fused-ring (bicyclic) bond motifs is 1. The fraction of sp³-hybridized carbons (Fsp3) is 0.208. The maximum atomic E-state index is 12.3. The Labute approximate surface area is 169 Å². The molecule has 1 aromatic carbocycles. The number of ketones is 1. The Morgan fingerprint density at radius 1 is 1.10 bits per heavy atom. The Kier molecular flexibility index (Phi) is 5.38. The van der Waals surface area contributed by atoms with Gasteiger partial charge in [-0.3, -0.25) is 9.78 Å². The molecule has 0 atom stereocenters. The van der Waals surface area contributed by atoms with E-state index >= 15 is 0 Å². The second-order valence-corrected chi connectivity index (χ2v) is 7.24. The third-order valence-electron chi connectivity index (χ3n) is 5.17. The van der Waals surface area contributed by atoms with E-state index in [1.165, 1.54) is 12.7 Å². The summed E-state index contributed by atoms with van der Waals surface area (Å²) in [5.41, 5.74) is 6.60. The standard InChI is InChI=1S/C24H22N2O3/c1-29-24(28)21-12-20-10-18(14-26-22(20)13-21)6-5-16-3-2-4-17(9-16)11-23(27)19-7-8-25-15-19/h2-4,7-10,12,14-15,25H,5-6,11,13H2,1H3. The Morgan fingerprint density at radius 3 is 2.72 bits per heavy atom. The molecule has 0 spiro atoms. The first kappa shape index (κ1) is 18.9. The molecule has 2 heterocycles. The number of nitrogens with one attached hydrogen (secondary N) is 1. The molecule has 5 heteroatoms. The van der Waals surface area contributed by atoms with Crippen LogP contribution >= 0.6 is 0 Å². The number of carbonyl (C=O) groups excluding carboxylic acids is 2. The highest BCUT2D eigenvalue weighted by Gasteiger charge is 2.20. The van der Waals surface area contributed by atoms with Gasteiger partial charge in [-0.15, -0.1) is 0 Å². The second kappa shape index (κ2) is 8.27. The maximum Gasteiger partial charge on any atom is 0.334 e. The minimum atomic E-state index is -0.296. The van der Waals surface area contributed by atoms with Crippen LogP contribution in [0.5, 0.6) is 0 Å². The number of rotatable bonds is 7. The average molecular weight is 386 g/mol. The van der Waals surface area contributed by atoms with Crippen molar-refractivity contribution in [1.29, 1.82) is 0 Å². The van der Waals surface area contributed by atoms with Crippen LogP contribution in [0.25, 0.3) is 6.08 Å². The first-order valence-corrected chi connectivity index (χ1v) is 9.63. The summed E-state index contributed by atoms with van der Waals surface area (Å²) in [5, 5.41) is 0. The number of nitrogens with zero attached hydrogens (tertiary/aromatic N) is 1. The van der Waals surface area contributed by atoms with Gasteiger partial charge < -0.3 is 9.72 Å². The highest BCUT2D eigenvalue weighted by molar-refractivity contribution is 5.97. The van der Waals surface area contributed by atoms with Crippen LogP contribution in [0.15, 0.2) is 60.6 Å². The third-order valence-corrected chi connectivity index (χ3v) is 5.17. The van der Waals surface area contributed by atoms with Crippen molar-refractivity contribution < 1.29 is 14.3 Å². The molecule has 1 aliphatic rings. The van der Waals surface area contributed by atoms with Crippen molar-refractivity contribution in [3.8, 4) is 0 Å². The molecule has 0 aliphatic heterocycles. The largest absolute Gasteiger partial charge is 0.466 e. The fourth-order valence-corrected chi connectivity index (χ4v) is 3.61. The quantitative estimate of drug-likeness (QED) is 0.496. The smallest absolute Gasteiger partial charge is 0.334 e. The number of ether oxygens (including phenoxy) is 1. The predicted octanol–water partition coefficient (Wildman–Crippen LogP) is 3.73. The molecule has 0 saturated carbocycles. The maximum absolute atomic E-state index is 12.3. The number of methoxy groups -OCH3 is 1. The molecule has 0 radical (unpaired) electrons. The molecule has 0 fully saturated rings. The van der Waals surface area contributed by atoms with E-state index in [0.29, 0.717) is 24.0 Å². The summed E-state index contributed by atoms with van der Waals surface area (Å²) >= 11 is 0. The molecular weight excluding hydrogens is 364 g/mol. The van der Waals surface area contributed by atoms with Gasteiger partial charge in [0.05, 0.1) is 12.8 Å². The normalized spacial score (nSPS) is 12.4. The molecule has 29 heavy (non-hydrogen) atoms. The number of hydrogen-bond donors (Lipinski definition) is 1. The summed E-state index contributed by atoms with van der Waals surface area (Å²) in [5.74, 6) is -0.185. The Bertz CT molecular complexity index is 1080. The fourth-order valence-electron chi connectivity index (χ4n) is 3.61. The van der Waals surface area contributed by atoms with E-state index in [0.717, 1.165) is 35.2 Å². The number of aromatic amines is 1. The highest BCUT2D eigenvalue weighted by atomic mass is 16.5. The topological polar surface area (TPSA) is 72.1 Å². The zero-order chi connectivity index (χ0) is 20.2. The minimum Gasteiger partial charge on any atom is -0.466 e. The summed E-state index contributed by atoms with van der Waals surface area (Å²) in [6.07, 6.45) is 9.87. The first-order chi connectivity index (χ1) is 14.1. The van der Waals surface area contributed by atoms with E-state index in [9.17, 15) is 9.59 Å². The molecule has 3 aromatic rings. The minimum absolute atomic E-state index is 0.111. The molecule has 5 nitrogen and oxygen atoms in total. The average Bonchev–Trinajstić information content (AvgIpc) is 3.41. The Balaban J connectivity index is 1.41. The van der Waals surface area contributed by atoms with Crippen molar-refractivity contribution in [2.24, 2.45) is 0 Å². The monoisotopic (exact) mass is 386 g/mol. The van der Waals surface area contributed by atoms with E-state index in [2.05, 4.69) is 28.2 Å². The van der Waals surface area contributed by atoms with E-state index < -0.39 is 0 Å². The predicted molar refractivity (Wildman–Crippen MR) is 111 cm³/mol. The molecule has 4 rings (SSSR count). The molecule has 2 aromatic heterocycles. The van der Waals surface area contributed by atoms with Crippen molar-refractivity contribution in [1.82, 2.24) is 9.97 Å². The molecular formula is C24H22N2O3. The number of esters is 1. The van der Waals surface area contributed by atoms with Crippen LogP contribution in [0.1, 0.15) is 38.3 Å². The second-order valence-electron chi connectivity index (χ2n) is 7.24. The lowest BCUT2D eigenvalue weighted by Gasteiger charge is -2.06. The third kappa shape index (κ3) is 4.35. The van der Waals surface area contributed by atoms with Gasteiger partial charge in [0, 0.05) is 42.6 Å². The highest BCUT2D eigenvalue weighted by Crippen LogP contribution is 2.25. The number of aromatic nitrogens is 2. The molecule has 0 saturated heterocycles. The van der Waals surface area contributed by atoms with E-state index in [4.69, 9.17) is 4.74 Å². The van der Waals surface area contributed by atoms with Crippen molar-refractivity contribution in [3.63, 3.8) is 0 Å². The van der Waals surface area contributed by atoms with E-state index in [1.807, 2.05) is 24.4 Å². The number of pyridine rings is 1. The van der Waals surface area contributed by atoms with Crippen molar-refractivity contribution in [3.05, 3.63) is 94.1 Å². The van der Waals surface area contributed by atoms with Crippen molar-refractivity contribution in [2.45, 2.75) is 25.7 Å². The van der Waals surface area contributed by atoms with Crippen LogP contribution in [0.4, 0.5) is 0 Å². The SMILES string of the molecule is COC(=O)C1=Cc2cc(CCc3cccc(CC(=O)c4cc[nH]c4)c3)cnc2C1. The zero-order valence-corrected chi connectivity index (χ0v) is 16.3. The van der Waals surface area contributed by atoms with E-state index in [-0.39, 0.29) is 11.8 Å². The number of H-pyrrole nitrogens is 1. The lowest BCUT2D eigenvalue weighted by Crippen LogP contribution is -2.04. The molecule has 0 bridgehead atoms. The molecule has 0 amide bonds. The summed E-state index contributed by atoms with van der Waals surface area (Å²) in [6, 6.07) is 12.1. The number of aryl methyl sites for hydroxylation is 2. The zero-order valence-electron chi connectivity index (χ0n) is 16.3. The summed E-state index contributed by atoms with van der Waals surface area (Å²) in [6.45, 7) is 0. The lowest BCUT2D eigenvalue weighted by molar-refractivity contribution is -0.136. The Morgan fingerprint density at radius 2 is 1.93 bits per heavy atom. The number of carbonyl (C=O) groups is 2. The van der Waals surface area contributed by atoms with Crippen molar-refractivity contribution in [2.75, 3.05) is 7.11 Å². The molecule has 146 valence electrons. The number of benzene rings is 1. The van der Waals surface area contributed by atoms with Gasteiger partial charge in [0.1, 0.15) is 0 Å². The van der Waals surface area contributed by atoms with Gasteiger partial charge in [-0.05, 0) is 53.3 Å². The van der Waals surface area contributed by atoms with Crippen LogP contribution < -0.4 is 0 Å². The lowest BCUT2D eigenvalue weighted by atomic mass is 9.99. The van der Waals surface area contributed by atoms with Gasteiger partial charge in [0.15, 0.2) is 5.78 Å².